The standard InChI is InChI=1S/C40H59FN8O6S/c1-27(2)49(28(3)4)37(50)33-18-30(41)8-9-34(33)54-35-20-42-26-43-36(35)45-24-40(25-45)12-16-44(17-13-40)21-29-10-14-46(15-11-29)56(52,53)48-23-31-19-32(48)22-47(31)38(51)55-39(5,6)7/h8-9,18,20,26-29,31-32H,10-17,19,21-25H2,1-7H3/t31-,32-/m0/s1. The average Bonchev–Trinajstić information content (AvgIpc) is 3.74. The summed E-state index contributed by atoms with van der Waals surface area (Å²) >= 11 is 0. The van der Waals surface area contributed by atoms with E-state index in [0.717, 1.165) is 58.4 Å². The van der Waals surface area contributed by atoms with E-state index in [1.165, 1.54) is 24.5 Å². The predicted octanol–water partition coefficient (Wildman–Crippen LogP) is 5.22. The molecule has 0 unspecified atom stereocenters. The molecule has 2 atom stereocenters. The molecule has 2 bridgehead atoms. The van der Waals surface area contributed by atoms with Gasteiger partial charge in [-0.25, -0.2) is 19.2 Å². The topological polar surface area (TPSA) is 132 Å². The summed E-state index contributed by atoms with van der Waals surface area (Å²) in [7, 11) is -3.59. The quantitative estimate of drug-likeness (QED) is 0.316. The van der Waals surface area contributed by atoms with Crippen molar-refractivity contribution in [3.05, 3.63) is 42.1 Å². The summed E-state index contributed by atoms with van der Waals surface area (Å²) in [6, 6.07) is 3.53. The van der Waals surface area contributed by atoms with E-state index >= 15 is 0 Å². The van der Waals surface area contributed by atoms with E-state index in [1.807, 2.05) is 48.5 Å². The highest BCUT2D eigenvalue weighted by atomic mass is 32.2. The minimum Gasteiger partial charge on any atom is -0.451 e. The van der Waals surface area contributed by atoms with Crippen molar-refractivity contribution in [3.8, 4) is 11.5 Å². The van der Waals surface area contributed by atoms with Crippen molar-refractivity contribution in [2.24, 2.45) is 11.3 Å². The first-order chi connectivity index (χ1) is 26.4. The molecule has 1 aromatic carbocycles. The number of nitrogens with zero attached hydrogens (tertiary/aromatic N) is 8. The summed E-state index contributed by atoms with van der Waals surface area (Å²) < 4.78 is 57.0. The molecule has 56 heavy (non-hydrogen) atoms. The summed E-state index contributed by atoms with van der Waals surface area (Å²) in [6.45, 7) is 19.7. The highest BCUT2D eigenvalue weighted by Gasteiger charge is 2.52. The van der Waals surface area contributed by atoms with Crippen molar-refractivity contribution >= 4 is 28.0 Å². The number of piperazine rings is 1. The summed E-state index contributed by atoms with van der Waals surface area (Å²) in [6.07, 6.45) is 7.20. The zero-order valence-electron chi connectivity index (χ0n) is 34.0. The Bertz CT molecular complexity index is 1860. The maximum atomic E-state index is 14.4. The molecule has 6 heterocycles. The minimum absolute atomic E-state index is 0.0761. The predicted molar refractivity (Wildman–Crippen MR) is 210 cm³/mol. The van der Waals surface area contributed by atoms with Gasteiger partial charge in [0.25, 0.3) is 16.1 Å². The van der Waals surface area contributed by atoms with E-state index in [9.17, 15) is 22.4 Å². The lowest BCUT2D eigenvalue weighted by molar-refractivity contribution is 0.0169. The van der Waals surface area contributed by atoms with Crippen LogP contribution >= 0.6 is 0 Å². The molecule has 0 N–H and O–H groups in total. The van der Waals surface area contributed by atoms with Crippen LogP contribution in [-0.4, -0.2) is 142 Å². The first-order valence-electron chi connectivity index (χ1n) is 20.3. The third-order valence-electron chi connectivity index (χ3n) is 12.2. The van der Waals surface area contributed by atoms with E-state index in [4.69, 9.17) is 9.47 Å². The number of rotatable bonds is 10. The molecule has 2 aromatic rings. The Morgan fingerprint density at radius 1 is 0.982 bits per heavy atom. The number of carbonyl (C=O) groups excluding carboxylic acids is 2. The first-order valence-corrected chi connectivity index (χ1v) is 21.7. The highest BCUT2D eigenvalue weighted by molar-refractivity contribution is 7.86. The number of hydrogen-bond donors (Lipinski definition) is 0. The van der Waals surface area contributed by atoms with Gasteiger partial charge >= 0.3 is 6.09 Å². The van der Waals surface area contributed by atoms with E-state index in [-0.39, 0.29) is 52.9 Å². The van der Waals surface area contributed by atoms with Gasteiger partial charge in [0.05, 0.1) is 17.8 Å². The second-order valence-corrected chi connectivity index (χ2v) is 20.0. The van der Waals surface area contributed by atoms with Crippen molar-refractivity contribution in [2.45, 2.75) is 110 Å². The summed E-state index contributed by atoms with van der Waals surface area (Å²) in [5.74, 6) is 0.991. The normalized spacial score (nSPS) is 23.6. The average molecular weight is 799 g/mol. The third kappa shape index (κ3) is 8.35. The zero-order chi connectivity index (χ0) is 40.2. The van der Waals surface area contributed by atoms with Crippen molar-refractivity contribution in [1.82, 2.24) is 33.3 Å². The van der Waals surface area contributed by atoms with Gasteiger partial charge in [-0.2, -0.15) is 17.0 Å². The van der Waals surface area contributed by atoms with E-state index in [2.05, 4.69) is 19.8 Å². The summed E-state index contributed by atoms with van der Waals surface area (Å²) in [5.41, 5.74) is -0.250. The maximum Gasteiger partial charge on any atom is 0.410 e. The van der Waals surface area contributed by atoms with Gasteiger partial charge in [0, 0.05) is 69.4 Å². The number of ether oxygens (including phenoxy) is 2. The Kier molecular flexibility index (Phi) is 11.3. The third-order valence-corrected chi connectivity index (χ3v) is 14.3. The Labute approximate surface area is 331 Å². The fraction of sp³-hybridized carbons (Fsp3) is 0.700. The second-order valence-electron chi connectivity index (χ2n) is 18.1. The molecule has 308 valence electrons. The largest absolute Gasteiger partial charge is 0.451 e. The van der Waals surface area contributed by atoms with Gasteiger partial charge in [-0.15, -0.1) is 0 Å². The maximum absolute atomic E-state index is 14.4. The van der Waals surface area contributed by atoms with Crippen molar-refractivity contribution in [3.63, 3.8) is 0 Å². The Balaban J connectivity index is 0.884. The number of benzene rings is 1. The SMILES string of the molecule is CC(C)N(C(=O)c1cc(F)ccc1Oc1cncnc1N1CC2(CCN(CC3CCN(S(=O)(=O)N4C[C@@H]5C[C@H]4CN5C(=O)OC(C)(C)C)CC3)CC2)C1)C(C)C. The number of carbonyl (C=O) groups is 2. The number of aromatic nitrogens is 2. The smallest absolute Gasteiger partial charge is 0.410 e. The number of likely N-dealkylation sites (tertiary alicyclic amines) is 2. The van der Waals surface area contributed by atoms with E-state index in [0.29, 0.717) is 50.1 Å². The molecule has 16 heteroatoms. The van der Waals surface area contributed by atoms with Gasteiger partial charge < -0.3 is 29.1 Å². The number of halogens is 1. The fourth-order valence-corrected chi connectivity index (χ4v) is 11.3. The Morgan fingerprint density at radius 3 is 2.27 bits per heavy atom. The first kappa shape index (κ1) is 40.6. The molecular weight excluding hydrogens is 740 g/mol. The van der Waals surface area contributed by atoms with Crippen LogP contribution in [0.1, 0.15) is 90.9 Å². The number of amides is 2. The van der Waals surface area contributed by atoms with Crippen LogP contribution in [0.4, 0.5) is 15.0 Å². The molecule has 7 rings (SSSR count). The fourth-order valence-electron chi connectivity index (χ4n) is 9.43. The van der Waals surface area contributed by atoms with Gasteiger partial charge in [0.15, 0.2) is 11.6 Å². The molecule has 1 spiro atoms. The molecule has 5 fully saturated rings. The van der Waals surface area contributed by atoms with Crippen LogP contribution in [0.2, 0.25) is 0 Å². The van der Waals surface area contributed by atoms with Gasteiger partial charge in [-0.1, -0.05) is 0 Å². The molecule has 2 amide bonds. The van der Waals surface area contributed by atoms with E-state index < -0.39 is 21.6 Å². The molecule has 5 aliphatic heterocycles. The zero-order valence-corrected chi connectivity index (χ0v) is 34.8. The lowest BCUT2D eigenvalue weighted by atomic mass is 9.72. The van der Waals surface area contributed by atoms with Crippen molar-refractivity contribution < 1.29 is 31.9 Å². The highest BCUT2D eigenvalue weighted by Crippen LogP contribution is 2.45. The Morgan fingerprint density at radius 2 is 1.66 bits per heavy atom. The molecule has 0 saturated carbocycles. The lowest BCUT2D eigenvalue weighted by Gasteiger charge is -2.54. The molecule has 5 aliphatic rings. The van der Waals surface area contributed by atoms with Crippen LogP contribution in [0.25, 0.3) is 0 Å². The van der Waals surface area contributed by atoms with Crippen LogP contribution in [0.15, 0.2) is 30.7 Å². The van der Waals surface area contributed by atoms with Gasteiger partial charge in [-0.3, -0.25) is 4.79 Å². The summed E-state index contributed by atoms with van der Waals surface area (Å²) in [4.78, 5) is 43.2. The van der Waals surface area contributed by atoms with Crippen molar-refractivity contribution in [1.29, 1.82) is 0 Å². The molecule has 5 saturated heterocycles. The van der Waals surface area contributed by atoms with Gasteiger partial charge in [-0.05, 0) is 118 Å². The van der Waals surface area contributed by atoms with Crippen LogP contribution in [-0.2, 0) is 14.9 Å². The lowest BCUT2D eigenvalue weighted by Crippen LogP contribution is -2.61. The van der Waals surface area contributed by atoms with Gasteiger partial charge in [0.1, 0.15) is 23.5 Å². The number of fused-ring (bicyclic) bond motifs is 2. The molecular formula is C40H59FN8O6S. The van der Waals surface area contributed by atoms with Gasteiger partial charge in [0.2, 0.25) is 0 Å². The van der Waals surface area contributed by atoms with Crippen molar-refractivity contribution in [2.75, 3.05) is 63.8 Å². The number of anilines is 1. The Hall–Kier alpha value is -3.60. The van der Waals surface area contributed by atoms with E-state index in [1.54, 1.807) is 24.6 Å². The number of hydrogen-bond acceptors (Lipinski definition) is 10. The van der Waals surface area contributed by atoms with Crippen LogP contribution in [0.3, 0.4) is 0 Å². The molecule has 0 aliphatic carbocycles. The molecule has 1 aromatic heterocycles. The van der Waals surface area contributed by atoms with Crippen LogP contribution in [0.5, 0.6) is 11.5 Å². The monoisotopic (exact) mass is 798 g/mol. The summed E-state index contributed by atoms with van der Waals surface area (Å²) in [5, 5.41) is 0. The minimum atomic E-state index is -3.59. The molecule has 14 nitrogen and oxygen atoms in total. The number of piperidine rings is 2. The molecule has 0 radical (unpaired) electrons. The second kappa shape index (κ2) is 15.6. The van der Waals surface area contributed by atoms with Crippen LogP contribution < -0.4 is 9.64 Å². The van der Waals surface area contributed by atoms with Crippen LogP contribution in [0, 0.1) is 17.2 Å².